The Hall–Kier alpha value is 0.0269. The molecule has 0 saturated heterocycles. The average molecular weight is 188 g/mol. The maximum atomic E-state index is 5.38. The fourth-order valence-electron chi connectivity index (χ4n) is 0.395. The molecule has 0 aromatic heterocycles. The minimum atomic E-state index is -1.40. The van der Waals surface area contributed by atoms with Crippen molar-refractivity contribution in [2.45, 2.75) is 38.9 Å². The quantitative estimate of drug-likeness (QED) is 0.434. The monoisotopic (exact) mass is 187 g/mol. The zero-order chi connectivity index (χ0) is 9.12. The Morgan fingerprint density at radius 3 is 2.00 bits per heavy atom. The van der Waals surface area contributed by atoms with Crippen LogP contribution in [0, 0.1) is 5.70 Å². The summed E-state index contributed by atoms with van der Waals surface area (Å²) < 4.78 is 0. The first-order valence-electron chi connectivity index (χ1n) is 3.76. The molecule has 0 aromatic rings. The van der Waals surface area contributed by atoms with E-state index in [1.165, 1.54) is 5.54 Å². The van der Waals surface area contributed by atoms with Gasteiger partial charge in [0.05, 0.1) is 8.07 Å². The molecule has 0 saturated carbocycles. The number of halogens is 1. The number of rotatable bonds is 1. The summed E-state index contributed by atoms with van der Waals surface area (Å²) >= 11 is 5.38. The molecule has 2 heteroatoms. The minimum absolute atomic E-state index is 0.333. The van der Waals surface area contributed by atoms with Gasteiger partial charge in [-0.15, -0.1) is 5.73 Å². The lowest BCUT2D eigenvalue weighted by Crippen LogP contribution is -2.35. The molecule has 0 atom stereocenters. The molecule has 0 N–H and O–H groups in total. The normalized spacial score (nSPS) is 12.2. The average Bonchev–Trinajstić information content (AvgIpc) is 1.81. The van der Waals surface area contributed by atoms with E-state index in [4.69, 9.17) is 11.6 Å². The van der Waals surface area contributed by atoms with Gasteiger partial charge >= 0.3 is 0 Å². The van der Waals surface area contributed by atoms with Crippen molar-refractivity contribution in [2.75, 3.05) is 0 Å². The zero-order valence-corrected chi connectivity index (χ0v) is 9.71. The molecule has 0 unspecified atom stereocenters. The molecule has 0 amide bonds. The summed E-state index contributed by atoms with van der Waals surface area (Å²) in [6.07, 6.45) is 0. The van der Waals surface area contributed by atoms with Gasteiger partial charge in [0.2, 0.25) is 0 Å². The Labute approximate surface area is 76.0 Å². The fraction of sp³-hybridized carbons (Fsp3) is 0.667. The Morgan fingerprint density at radius 1 is 1.27 bits per heavy atom. The van der Waals surface area contributed by atoms with Crippen molar-refractivity contribution in [3.63, 3.8) is 0 Å². The molecule has 0 aliphatic heterocycles. The first-order chi connectivity index (χ1) is 4.81. The van der Waals surface area contributed by atoms with E-state index in [0.29, 0.717) is 5.04 Å². The molecule has 1 radical (unpaired) electrons. The molecule has 0 aromatic carbocycles. The van der Waals surface area contributed by atoms with Crippen LogP contribution in [0.3, 0.4) is 0 Å². The first-order valence-corrected chi connectivity index (χ1v) is 7.19. The molecular weight excluding hydrogens is 172 g/mol. The molecule has 0 bridgehead atoms. The van der Waals surface area contributed by atoms with Crippen molar-refractivity contribution >= 4 is 19.7 Å². The van der Waals surface area contributed by atoms with Crippen molar-refractivity contribution < 1.29 is 0 Å². The largest absolute Gasteiger partial charge is 0.109 e. The maximum absolute atomic E-state index is 5.38. The zero-order valence-electron chi connectivity index (χ0n) is 7.96. The maximum Gasteiger partial charge on any atom is 0.0965 e. The van der Waals surface area contributed by atoms with Gasteiger partial charge in [-0.05, 0) is 10.7 Å². The van der Waals surface area contributed by atoms with E-state index in [2.05, 4.69) is 45.3 Å². The summed E-state index contributed by atoms with van der Waals surface area (Å²) in [7, 11) is -1.40. The third-order valence-corrected chi connectivity index (χ3v) is 6.94. The standard InChI is InChI=1S/C9H16ClSi/c1-9(2,3)11(4,5)8-6-7-10/h7H,1-5H3. The second-order valence-corrected chi connectivity index (χ2v) is 9.47. The van der Waals surface area contributed by atoms with Crippen LogP contribution in [0.5, 0.6) is 0 Å². The molecule has 11 heavy (non-hydrogen) atoms. The summed E-state index contributed by atoms with van der Waals surface area (Å²) in [5.74, 6) is 0. The molecule has 0 aliphatic carbocycles. The van der Waals surface area contributed by atoms with E-state index in [1.807, 2.05) is 0 Å². The van der Waals surface area contributed by atoms with Crippen LogP contribution in [0.25, 0.3) is 0 Å². The van der Waals surface area contributed by atoms with E-state index < -0.39 is 8.07 Å². The second-order valence-electron chi connectivity index (χ2n) is 4.25. The summed E-state index contributed by atoms with van der Waals surface area (Å²) in [5.41, 5.74) is 7.50. The van der Waals surface area contributed by atoms with Crippen LogP contribution in [0.15, 0.2) is 11.3 Å². The third-order valence-electron chi connectivity index (χ3n) is 2.31. The van der Waals surface area contributed by atoms with Crippen molar-refractivity contribution in [1.29, 1.82) is 0 Å². The smallest absolute Gasteiger partial charge is 0.0965 e. The van der Waals surface area contributed by atoms with E-state index in [0.717, 1.165) is 0 Å². The fourth-order valence-corrected chi connectivity index (χ4v) is 1.35. The van der Waals surface area contributed by atoms with Crippen LogP contribution < -0.4 is 0 Å². The molecule has 0 heterocycles. The van der Waals surface area contributed by atoms with Gasteiger partial charge in [-0.2, -0.15) is 0 Å². The van der Waals surface area contributed by atoms with Crippen LogP contribution in [-0.4, -0.2) is 8.07 Å². The van der Waals surface area contributed by atoms with Gasteiger partial charge in [-0.1, -0.05) is 45.5 Å². The van der Waals surface area contributed by atoms with Crippen LogP contribution in [0.1, 0.15) is 20.8 Å². The van der Waals surface area contributed by atoms with E-state index >= 15 is 0 Å². The molecule has 0 spiro atoms. The third kappa shape index (κ3) is 3.28. The lowest BCUT2D eigenvalue weighted by molar-refractivity contribution is 0.727. The summed E-state index contributed by atoms with van der Waals surface area (Å²) in [4.78, 5) is 0. The predicted octanol–water partition coefficient (Wildman–Crippen LogP) is 3.74. The molecule has 0 nitrogen and oxygen atoms in total. The van der Waals surface area contributed by atoms with Crippen LogP contribution in [0.2, 0.25) is 18.1 Å². The molecule has 63 valence electrons. The van der Waals surface area contributed by atoms with Gasteiger partial charge in [-0.25, -0.2) is 0 Å². The summed E-state index contributed by atoms with van der Waals surface area (Å²) in [6, 6.07) is 0. The Bertz CT molecular complexity index is 180. The first kappa shape index (κ1) is 11.0. The van der Waals surface area contributed by atoms with Crippen molar-refractivity contribution in [3.05, 3.63) is 17.0 Å². The topological polar surface area (TPSA) is 0 Å². The Balaban J connectivity index is 4.60. The lowest BCUT2D eigenvalue weighted by Gasteiger charge is -2.32. The van der Waals surface area contributed by atoms with Crippen LogP contribution in [0.4, 0.5) is 0 Å². The highest BCUT2D eigenvalue weighted by Crippen LogP contribution is 2.35. The minimum Gasteiger partial charge on any atom is -0.109 e. The predicted molar refractivity (Wildman–Crippen MR) is 54.4 cm³/mol. The van der Waals surface area contributed by atoms with Crippen LogP contribution in [-0.2, 0) is 0 Å². The molecular formula is C9H16ClSi. The van der Waals surface area contributed by atoms with E-state index in [-0.39, 0.29) is 0 Å². The molecule has 0 fully saturated rings. The van der Waals surface area contributed by atoms with Gasteiger partial charge in [0.25, 0.3) is 0 Å². The Morgan fingerprint density at radius 2 is 1.73 bits per heavy atom. The SMILES string of the molecule is CC(C)(C)[Si](C)(C)[C]=C=CCl. The van der Waals surface area contributed by atoms with Crippen LogP contribution >= 0.6 is 11.6 Å². The highest BCUT2D eigenvalue weighted by Gasteiger charge is 2.32. The number of hydrogen-bond donors (Lipinski definition) is 0. The van der Waals surface area contributed by atoms with Gasteiger partial charge < -0.3 is 0 Å². The highest BCUT2D eigenvalue weighted by molar-refractivity contribution is 6.82. The van der Waals surface area contributed by atoms with E-state index in [9.17, 15) is 0 Å². The Kier molecular flexibility index (Phi) is 3.63. The second kappa shape index (κ2) is 3.62. The molecule has 0 rings (SSSR count). The van der Waals surface area contributed by atoms with Crippen molar-refractivity contribution in [1.82, 2.24) is 0 Å². The van der Waals surface area contributed by atoms with Gasteiger partial charge in [0.15, 0.2) is 0 Å². The van der Waals surface area contributed by atoms with Crippen molar-refractivity contribution in [3.8, 4) is 0 Å². The van der Waals surface area contributed by atoms with E-state index in [1.54, 1.807) is 0 Å². The molecule has 0 aliphatic rings. The summed E-state index contributed by atoms with van der Waals surface area (Å²) in [6.45, 7) is 11.2. The number of hydrogen-bond acceptors (Lipinski definition) is 0. The highest BCUT2D eigenvalue weighted by atomic mass is 35.5. The van der Waals surface area contributed by atoms with Gasteiger partial charge in [0, 0.05) is 5.54 Å². The lowest BCUT2D eigenvalue weighted by atomic mass is 10.2. The van der Waals surface area contributed by atoms with Gasteiger partial charge in [-0.3, -0.25) is 0 Å². The van der Waals surface area contributed by atoms with Gasteiger partial charge in [0.1, 0.15) is 0 Å². The van der Waals surface area contributed by atoms with Crippen molar-refractivity contribution in [2.24, 2.45) is 0 Å². The summed E-state index contributed by atoms with van der Waals surface area (Å²) in [5, 5.41) is 0.333.